The summed E-state index contributed by atoms with van der Waals surface area (Å²) in [5.74, 6) is 0. The fourth-order valence-electron chi connectivity index (χ4n) is 3.74. The van der Waals surface area contributed by atoms with E-state index in [1.165, 1.54) is 0 Å². The van der Waals surface area contributed by atoms with E-state index >= 15 is 0 Å². The highest BCUT2D eigenvalue weighted by molar-refractivity contribution is 6.83. The van der Waals surface area contributed by atoms with Crippen LogP contribution in [0.4, 0.5) is 0 Å². The highest BCUT2D eigenvalue weighted by atomic mass is 28.5. The molecule has 138 valence electrons. The molecule has 0 spiro atoms. The van der Waals surface area contributed by atoms with Crippen LogP contribution >= 0.6 is 0 Å². The summed E-state index contributed by atoms with van der Waals surface area (Å²) < 4.78 is 20.5. The molecule has 1 unspecified atom stereocenters. The Labute approximate surface area is 153 Å². The molecule has 0 amide bonds. The van der Waals surface area contributed by atoms with Gasteiger partial charge >= 0.3 is 17.1 Å². The summed E-state index contributed by atoms with van der Waals surface area (Å²) in [4.78, 5) is 0. The Kier molecular flexibility index (Phi) is 8.01. The second kappa shape index (κ2) is 8.67. The van der Waals surface area contributed by atoms with Crippen molar-refractivity contribution in [3.8, 4) is 0 Å². The van der Waals surface area contributed by atoms with Gasteiger partial charge in [0.1, 0.15) is 0 Å². The molecule has 1 aliphatic heterocycles. The summed E-state index contributed by atoms with van der Waals surface area (Å²) in [6.07, 6.45) is 1.21. The second-order valence-electron chi connectivity index (χ2n) is 8.27. The Bertz CT molecular complexity index is 408. The highest BCUT2D eigenvalue weighted by Gasteiger charge is 2.57. The predicted molar refractivity (Wildman–Crippen MR) is 108 cm³/mol. The van der Waals surface area contributed by atoms with E-state index in [9.17, 15) is 0 Å². The van der Waals surface area contributed by atoms with E-state index in [1.54, 1.807) is 0 Å². The minimum atomic E-state index is -2.50. The van der Waals surface area contributed by atoms with Crippen molar-refractivity contribution in [2.75, 3.05) is 6.61 Å². The highest BCUT2D eigenvalue weighted by Crippen LogP contribution is 2.46. The van der Waals surface area contributed by atoms with Crippen LogP contribution in [0.3, 0.4) is 0 Å². The quantitative estimate of drug-likeness (QED) is 0.459. The third-order valence-electron chi connectivity index (χ3n) is 5.29. The Morgan fingerprint density at radius 3 is 1.79 bits per heavy atom. The number of rotatable bonds is 6. The Morgan fingerprint density at radius 2 is 1.42 bits per heavy atom. The zero-order valence-electron chi connectivity index (χ0n) is 17.0. The summed E-state index contributed by atoms with van der Waals surface area (Å²) in [7, 11) is 0.964. The molecular weight excluding hydrogens is 331 g/mol. The molecule has 1 rings (SSSR count). The van der Waals surface area contributed by atoms with Crippen molar-refractivity contribution in [2.24, 2.45) is 0 Å². The van der Waals surface area contributed by atoms with Crippen molar-refractivity contribution >= 4 is 25.0 Å². The van der Waals surface area contributed by atoms with Crippen molar-refractivity contribution < 1.29 is 13.0 Å². The summed E-state index contributed by atoms with van der Waals surface area (Å²) in [6, 6.07) is 0. The second-order valence-corrected chi connectivity index (χ2v) is 17.1. The van der Waals surface area contributed by atoms with Crippen molar-refractivity contribution in [3.05, 3.63) is 12.2 Å². The van der Waals surface area contributed by atoms with Crippen molar-refractivity contribution in [1.82, 2.24) is 0 Å². The molecule has 0 aromatic rings. The molecule has 6 heteroatoms. The van der Waals surface area contributed by atoms with Crippen LogP contribution in [0.1, 0.15) is 61.8 Å². The molecule has 0 N–H and O–H groups in total. The predicted octanol–water partition coefficient (Wildman–Crippen LogP) is 5.48. The SMILES string of the molecule is [B]CC(=C)C1CCO[Si](C(C)C)(C(C)C)O[Si](C(C)C)(C(C)C)O1. The lowest BCUT2D eigenvalue weighted by atomic mass is 9.93. The van der Waals surface area contributed by atoms with Crippen LogP contribution in [0.25, 0.3) is 0 Å². The molecule has 24 heavy (non-hydrogen) atoms. The largest absolute Gasteiger partial charge is 0.414 e. The molecular formula is C18H37BO3Si2. The van der Waals surface area contributed by atoms with Gasteiger partial charge in [-0.2, -0.15) is 0 Å². The van der Waals surface area contributed by atoms with E-state index in [4.69, 9.17) is 20.8 Å². The molecule has 1 fully saturated rings. The first-order valence-electron chi connectivity index (χ1n) is 9.43. The molecule has 1 aliphatic rings. The first kappa shape index (κ1) is 22.2. The van der Waals surface area contributed by atoms with Gasteiger partial charge in [-0.05, 0) is 28.6 Å². The first-order valence-corrected chi connectivity index (χ1v) is 13.4. The average Bonchev–Trinajstić information content (AvgIpc) is 2.45. The van der Waals surface area contributed by atoms with E-state index in [2.05, 4.69) is 62.0 Å². The Balaban J connectivity index is 3.39. The minimum Gasteiger partial charge on any atom is -0.414 e. The van der Waals surface area contributed by atoms with Gasteiger partial charge in [0.15, 0.2) is 0 Å². The summed E-state index contributed by atoms with van der Waals surface area (Å²) in [5, 5.41) is 0. The Hall–Kier alpha value is 0.119. The molecule has 1 saturated heterocycles. The van der Waals surface area contributed by atoms with Gasteiger partial charge in [0.05, 0.1) is 14.0 Å². The molecule has 1 heterocycles. The normalized spacial score (nSPS) is 24.4. The van der Waals surface area contributed by atoms with E-state index in [-0.39, 0.29) is 6.10 Å². The third kappa shape index (κ3) is 4.26. The summed E-state index contributed by atoms with van der Waals surface area (Å²) >= 11 is 0. The van der Waals surface area contributed by atoms with Gasteiger partial charge in [0.25, 0.3) is 0 Å². The van der Waals surface area contributed by atoms with E-state index in [0.717, 1.165) is 12.0 Å². The fourth-order valence-corrected chi connectivity index (χ4v) is 15.0. The lowest BCUT2D eigenvalue weighted by Crippen LogP contribution is -2.63. The standard InChI is InChI=1S/C18H37BO3Si2/c1-13(2)23(14(3)4)20-11-10-18(17(9)12-19)21-24(22-23,15(5)6)16(7)8/h13-16,18H,9-12H2,1-8H3. The topological polar surface area (TPSA) is 27.7 Å². The van der Waals surface area contributed by atoms with Gasteiger partial charge in [-0.3, -0.25) is 0 Å². The van der Waals surface area contributed by atoms with Crippen molar-refractivity contribution in [2.45, 2.75) is 96.4 Å². The van der Waals surface area contributed by atoms with Gasteiger partial charge in [-0.15, -0.1) is 0 Å². The molecule has 1 atom stereocenters. The fraction of sp³-hybridized carbons (Fsp3) is 0.889. The summed E-state index contributed by atoms with van der Waals surface area (Å²) in [6.45, 7) is 22.7. The average molecular weight is 368 g/mol. The van der Waals surface area contributed by atoms with Crippen LogP contribution in [0.2, 0.25) is 28.5 Å². The van der Waals surface area contributed by atoms with Crippen LogP contribution in [0.15, 0.2) is 12.2 Å². The first-order chi connectivity index (χ1) is 11.0. The van der Waals surface area contributed by atoms with Crippen LogP contribution in [0.5, 0.6) is 0 Å². The molecule has 0 aliphatic carbocycles. The molecule has 2 radical (unpaired) electrons. The molecule has 3 nitrogen and oxygen atoms in total. The van der Waals surface area contributed by atoms with Crippen LogP contribution in [0, 0.1) is 0 Å². The third-order valence-corrected chi connectivity index (χ3v) is 15.6. The van der Waals surface area contributed by atoms with E-state index < -0.39 is 17.1 Å². The zero-order valence-corrected chi connectivity index (χ0v) is 19.0. The van der Waals surface area contributed by atoms with Gasteiger partial charge in [0.2, 0.25) is 0 Å². The Morgan fingerprint density at radius 1 is 0.958 bits per heavy atom. The van der Waals surface area contributed by atoms with E-state index in [1.807, 2.05) is 0 Å². The molecule has 0 saturated carbocycles. The molecule has 0 aromatic heterocycles. The maximum atomic E-state index is 7.09. The van der Waals surface area contributed by atoms with Crippen LogP contribution < -0.4 is 0 Å². The van der Waals surface area contributed by atoms with Gasteiger partial charge < -0.3 is 13.0 Å². The zero-order chi connectivity index (χ0) is 18.7. The maximum absolute atomic E-state index is 7.09. The van der Waals surface area contributed by atoms with Gasteiger partial charge in [-0.1, -0.05) is 73.9 Å². The van der Waals surface area contributed by atoms with Crippen LogP contribution in [-0.4, -0.2) is 37.7 Å². The number of hydrogen-bond acceptors (Lipinski definition) is 3. The van der Waals surface area contributed by atoms with Crippen LogP contribution in [-0.2, 0) is 13.0 Å². The summed E-state index contributed by atoms with van der Waals surface area (Å²) in [5.41, 5.74) is 2.41. The monoisotopic (exact) mass is 368 g/mol. The smallest absolute Gasteiger partial charge is 0.335 e. The molecule has 0 aromatic carbocycles. The van der Waals surface area contributed by atoms with Gasteiger partial charge in [0, 0.05) is 6.61 Å². The lowest BCUT2D eigenvalue weighted by Gasteiger charge is -2.51. The lowest BCUT2D eigenvalue weighted by molar-refractivity contribution is 0.0830. The van der Waals surface area contributed by atoms with Crippen molar-refractivity contribution in [3.63, 3.8) is 0 Å². The van der Waals surface area contributed by atoms with Crippen molar-refractivity contribution in [1.29, 1.82) is 0 Å². The van der Waals surface area contributed by atoms with E-state index in [0.29, 0.717) is 35.1 Å². The molecule has 0 bridgehead atoms. The minimum absolute atomic E-state index is 0.0576. The van der Waals surface area contributed by atoms with Gasteiger partial charge in [-0.25, -0.2) is 0 Å². The maximum Gasteiger partial charge on any atom is 0.335 e. The number of hydrogen-bond donors (Lipinski definition) is 0.